The van der Waals surface area contributed by atoms with Crippen molar-refractivity contribution in [2.45, 2.75) is 25.3 Å². The lowest BCUT2D eigenvalue weighted by Crippen LogP contribution is -2.50. The molecule has 1 amide bonds. The Kier molecular flexibility index (Phi) is 4.70. The third kappa shape index (κ3) is 3.22. The molecule has 2 saturated heterocycles. The largest absolute Gasteiger partial charge is 0.378 e. The number of amides is 1. The van der Waals surface area contributed by atoms with E-state index in [1.807, 2.05) is 4.90 Å². The fraction of sp³-hybridized carbons (Fsp3) is 0.667. The number of nitrogens with zero attached hydrogens (tertiary/aromatic N) is 2. The van der Waals surface area contributed by atoms with Gasteiger partial charge in [0.25, 0.3) is 0 Å². The Labute approximate surface area is 124 Å². The van der Waals surface area contributed by atoms with Crippen LogP contribution in [0.3, 0.4) is 0 Å². The van der Waals surface area contributed by atoms with Gasteiger partial charge >= 0.3 is 0 Å². The van der Waals surface area contributed by atoms with E-state index < -0.39 is 0 Å². The van der Waals surface area contributed by atoms with Crippen LogP contribution in [0.15, 0.2) is 17.5 Å². The number of likely N-dealkylation sites (tertiary alicyclic amines) is 1. The van der Waals surface area contributed by atoms with Crippen molar-refractivity contribution in [3.63, 3.8) is 0 Å². The van der Waals surface area contributed by atoms with Crippen LogP contribution in [0, 0.1) is 0 Å². The Morgan fingerprint density at radius 3 is 2.95 bits per heavy atom. The van der Waals surface area contributed by atoms with Gasteiger partial charge in [-0.3, -0.25) is 9.69 Å². The van der Waals surface area contributed by atoms with Crippen LogP contribution in [-0.2, 0) is 16.0 Å². The predicted octanol–water partition coefficient (Wildman–Crippen LogP) is 1.61. The van der Waals surface area contributed by atoms with Crippen molar-refractivity contribution in [1.82, 2.24) is 9.80 Å². The molecule has 1 aromatic heterocycles. The van der Waals surface area contributed by atoms with E-state index in [9.17, 15) is 4.79 Å². The summed E-state index contributed by atoms with van der Waals surface area (Å²) in [7, 11) is 0. The highest BCUT2D eigenvalue weighted by Gasteiger charge is 2.33. The van der Waals surface area contributed by atoms with Gasteiger partial charge in [-0.05, 0) is 37.3 Å². The van der Waals surface area contributed by atoms with Crippen LogP contribution < -0.4 is 0 Å². The molecular formula is C15H22N2O2S. The summed E-state index contributed by atoms with van der Waals surface area (Å²) in [6, 6.07) is 4.38. The fourth-order valence-electron chi connectivity index (χ4n) is 3.08. The molecule has 2 aliphatic rings. The van der Waals surface area contributed by atoms with Gasteiger partial charge in [0, 0.05) is 24.5 Å². The molecule has 110 valence electrons. The standard InChI is InChI=1S/C15H22N2O2S/c18-15(17-8-10-19-11-9-17)14-4-1-6-16(14)7-5-13-3-2-12-20-13/h2-3,12,14H,1,4-11H2/t14-/m1/s1. The Hall–Kier alpha value is -0.910. The van der Waals surface area contributed by atoms with E-state index in [1.54, 1.807) is 11.3 Å². The summed E-state index contributed by atoms with van der Waals surface area (Å²) in [5.41, 5.74) is 0. The molecule has 5 heteroatoms. The molecule has 1 atom stereocenters. The summed E-state index contributed by atoms with van der Waals surface area (Å²) in [6.45, 7) is 4.96. The van der Waals surface area contributed by atoms with Crippen LogP contribution in [0.4, 0.5) is 0 Å². The third-order valence-electron chi connectivity index (χ3n) is 4.20. The zero-order valence-electron chi connectivity index (χ0n) is 11.8. The van der Waals surface area contributed by atoms with Crippen molar-refractivity contribution >= 4 is 17.2 Å². The number of carbonyl (C=O) groups is 1. The molecule has 0 aromatic carbocycles. The minimum Gasteiger partial charge on any atom is -0.378 e. The number of hydrogen-bond acceptors (Lipinski definition) is 4. The first kappa shape index (κ1) is 14.0. The van der Waals surface area contributed by atoms with Crippen molar-refractivity contribution in [2.75, 3.05) is 39.4 Å². The molecule has 0 N–H and O–H groups in total. The monoisotopic (exact) mass is 294 g/mol. The molecule has 0 spiro atoms. The van der Waals surface area contributed by atoms with Crippen LogP contribution >= 0.6 is 11.3 Å². The number of morpholine rings is 1. The highest BCUT2D eigenvalue weighted by Crippen LogP contribution is 2.21. The lowest BCUT2D eigenvalue weighted by Gasteiger charge is -2.32. The molecule has 0 unspecified atom stereocenters. The summed E-state index contributed by atoms with van der Waals surface area (Å²) in [4.78, 5) is 18.4. The lowest BCUT2D eigenvalue weighted by molar-refractivity contribution is -0.140. The van der Waals surface area contributed by atoms with Gasteiger partial charge in [0.2, 0.25) is 5.91 Å². The number of ether oxygens (including phenoxy) is 1. The quantitative estimate of drug-likeness (QED) is 0.846. The summed E-state index contributed by atoms with van der Waals surface area (Å²) in [6.07, 6.45) is 3.22. The second-order valence-corrected chi connectivity index (χ2v) is 6.49. The molecule has 0 bridgehead atoms. The first-order chi connectivity index (χ1) is 9.84. The van der Waals surface area contributed by atoms with Crippen molar-refractivity contribution in [2.24, 2.45) is 0 Å². The highest BCUT2D eigenvalue weighted by molar-refractivity contribution is 7.09. The van der Waals surface area contributed by atoms with Gasteiger partial charge in [0.15, 0.2) is 0 Å². The Bertz CT molecular complexity index is 429. The molecule has 2 fully saturated rings. The third-order valence-corrected chi connectivity index (χ3v) is 5.13. The maximum Gasteiger partial charge on any atom is 0.240 e. The van der Waals surface area contributed by atoms with E-state index in [2.05, 4.69) is 22.4 Å². The van der Waals surface area contributed by atoms with Crippen molar-refractivity contribution in [1.29, 1.82) is 0 Å². The van der Waals surface area contributed by atoms with E-state index in [1.165, 1.54) is 4.88 Å². The van der Waals surface area contributed by atoms with E-state index in [-0.39, 0.29) is 6.04 Å². The second kappa shape index (κ2) is 6.70. The normalized spacial score (nSPS) is 24.2. The first-order valence-electron chi connectivity index (χ1n) is 7.47. The van der Waals surface area contributed by atoms with E-state index in [0.29, 0.717) is 19.1 Å². The van der Waals surface area contributed by atoms with Crippen LogP contribution in [-0.4, -0.2) is 61.1 Å². The van der Waals surface area contributed by atoms with Crippen LogP contribution in [0.5, 0.6) is 0 Å². The molecule has 3 rings (SSSR count). The first-order valence-corrected chi connectivity index (χ1v) is 8.35. The number of carbonyl (C=O) groups excluding carboxylic acids is 1. The van der Waals surface area contributed by atoms with Gasteiger partial charge in [-0.15, -0.1) is 11.3 Å². The van der Waals surface area contributed by atoms with Gasteiger partial charge in [-0.1, -0.05) is 6.07 Å². The molecule has 0 radical (unpaired) electrons. The highest BCUT2D eigenvalue weighted by atomic mass is 32.1. The summed E-state index contributed by atoms with van der Waals surface area (Å²) in [5.74, 6) is 0.317. The zero-order chi connectivity index (χ0) is 13.8. The Morgan fingerprint density at radius 2 is 2.20 bits per heavy atom. The van der Waals surface area contributed by atoms with Crippen LogP contribution in [0.25, 0.3) is 0 Å². The molecule has 0 saturated carbocycles. The topological polar surface area (TPSA) is 32.8 Å². The van der Waals surface area contributed by atoms with Crippen molar-refractivity contribution in [3.05, 3.63) is 22.4 Å². The molecular weight excluding hydrogens is 272 g/mol. The number of hydrogen-bond donors (Lipinski definition) is 0. The van der Waals surface area contributed by atoms with Gasteiger partial charge in [0.1, 0.15) is 0 Å². The lowest BCUT2D eigenvalue weighted by atomic mass is 10.1. The zero-order valence-corrected chi connectivity index (χ0v) is 12.6. The molecule has 2 aliphatic heterocycles. The van der Waals surface area contributed by atoms with E-state index in [4.69, 9.17) is 4.74 Å². The van der Waals surface area contributed by atoms with Crippen LogP contribution in [0.2, 0.25) is 0 Å². The molecule has 0 aliphatic carbocycles. The predicted molar refractivity (Wildman–Crippen MR) is 80.0 cm³/mol. The molecule has 4 nitrogen and oxygen atoms in total. The van der Waals surface area contributed by atoms with E-state index >= 15 is 0 Å². The SMILES string of the molecule is O=C([C@H]1CCCN1CCc1cccs1)N1CCOCC1. The maximum absolute atomic E-state index is 12.6. The second-order valence-electron chi connectivity index (χ2n) is 5.46. The van der Waals surface area contributed by atoms with Crippen molar-refractivity contribution < 1.29 is 9.53 Å². The summed E-state index contributed by atoms with van der Waals surface area (Å²) >= 11 is 1.81. The Morgan fingerprint density at radius 1 is 1.35 bits per heavy atom. The molecule has 20 heavy (non-hydrogen) atoms. The van der Waals surface area contributed by atoms with Gasteiger partial charge < -0.3 is 9.64 Å². The number of thiophene rings is 1. The minimum absolute atomic E-state index is 0.105. The van der Waals surface area contributed by atoms with Gasteiger partial charge in [-0.25, -0.2) is 0 Å². The van der Waals surface area contributed by atoms with Gasteiger partial charge in [-0.2, -0.15) is 0 Å². The average molecular weight is 294 g/mol. The molecule has 3 heterocycles. The van der Waals surface area contributed by atoms with Crippen LogP contribution in [0.1, 0.15) is 17.7 Å². The van der Waals surface area contributed by atoms with E-state index in [0.717, 1.165) is 45.4 Å². The summed E-state index contributed by atoms with van der Waals surface area (Å²) < 4.78 is 5.33. The number of rotatable bonds is 4. The van der Waals surface area contributed by atoms with Crippen molar-refractivity contribution in [3.8, 4) is 0 Å². The average Bonchev–Trinajstić information content (AvgIpc) is 3.16. The maximum atomic E-state index is 12.6. The fourth-order valence-corrected chi connectivity index (χ4v) is 3.77. The summed E-state index contributed by atoms with van der Waals surface area (Å²) in [5, 5.41) is 2.12. The Balaban J connectivity index is 1.55. The minimum atomic E-state index is 0.105. The van der Waals surface area contributed by atoms with Gasteiger partial charge in [0.05, 0.1) is 19.3 Å². The molecule has 1 aromatic rings. The smallest absolute Gasteiger partial charge is 0.240 e.